The summed E-state index contributed by atoms with van der Waals surface area (Å²) in [5.74, 6) is 0.118. The molecule has 0 aromatic heterocycles. The van der Waals surface area contributed by atoms with Gasteiger partial charge in [0.05, 0.1) is 0 Å². The third-order valence-corrected chi connectivity index (χ3v) is 4.86. The van der Waals surface area contributed by atoms with Crippen LogP contribution in [0.3, 0.4) is 0 Å². The van der Waals surface area contributed by atoms with Crippen LogP contribution in [0.2, 0.25) is 0 Å². The Morgan fingerprint density at radius 3 is 2.48 bits per heavy atom. The molecule has 1 heterocycles. The van der Waals surface area contributed by atoms with E-state index in [0.717, 1.165) is 17.5 Å². The van der Waals surface area contributed by atoms with E-state index in [4.69, 9.17) is 5.73 Å². The first-order valence-electron chi connectivity index (χ1n) is 8.40. The predicted octanol–water partition coefficient (Wildman–Crippen LogP) is 4.04. The van der Waals surface area contributed by atoms with Crippen molar-refractivity contribution in [2.24, 2.45) is 5.73 Å². The molecule has 0 aliphatic carbocycles. The molecule has 2 aromatic rings. The predicted molar refractivity (Wildman–Crippen MR) is 100 cm³/mol. The Bertz CT molecular complexity index is 693. The molecule has 2 N–H and O–H groups in total. The molecule has 5 heteroatoms. The van der Waals surface area contributed by atoms with Crippen LogP contribution < -0.4 is 5.73 Å². The van der Waals surface area contributed by atoms with E-state index in [1.54, 1.807) is 0 Å². The molecule has 1 aliphatic heterocycles. The van der Waals surface area contributed by atoms with Gasteiger partial charge in [0.1, 0.15) is 5.82 Å². The monoisotopic (exact) mass is 362 g/mol. The minimum Gasteiger partial charge on any atom is -0.339 e. The van der Waals surface area contributed by atoms with Gasteiger partial charge in [0.2, 0.25) is 5.91 Å². The van der Waals surface area contributed by atoms with E-state index in [1.807, 2.05) is 47.4 Å². The Morgan fingerprint density at radius 2 is 1.84 bits per heavy atom. The lowest BCUT2D eigenvalue weighted by Crippen LogP contribution is -2.35. The SMILES string of the molecule is CC1CC(c2ccc(F)cc2)CN1C(=O)CC(N)c1ccccc1.Cl. The highest BCUT2D eigenvalue weighted by atomic mass is 35.5. The standard InChI is InChI=1S/C20H23FN2O.ClH/c1-14-11-17(15-7-9-18(21)10-8-15)13-23(14)20(24)12-19(22)16-5-3-2-4-6-16;/h2-10,14,17,19H,11-13,22H2,1H3;1H. The molecular weight excluding hydrogens is 339 g/mol. The van der Waals surface area contributed by atoms with E-state index in [1.165, 1.54) is 12.1 Å². The number of hydrogen-bond donors (Lipinski definition) is 1. The summed E-state index contributed by atoms with van der Waals surface area (Å²) in [6.07, 6.45) is 1.21. The summed E-state index contributed by atoms with van der Waals surface area (Å²) in [6.45, 7) is 2.74. The van der Waals surface area contributed by atoms with E-state index < -0.39 is 0 Å². The minimum atomic E-state index is -0.282. The fourth-order valence-electron chi connectivity index (χ4n) is 3.48. The first-order valence-corrected chi connectivity index (χ1v) is 8.40. The Hall–Kier alpha value is -1.91. The lowest BCUT2D eigenvalue weighted by atomic mass is 9.97. The van der Waals surface area contributed by atoms with Crippen molar-refractivity contribution in [2.45, 2.75) is 37.8 Å². The van der Waals surface area contributed by atoms with E-state index in [9.17, 15) is 9.18 Å². The highest BCUT2D eigenvalue weighted by Crippen LogP contribution is 2.32. The second-order valence-corrected chi connectivity index (χ2v) is 6.60. The fourth-order valence-corrected chi connectivity index (χ4v) is 3.48. The molecule has 1 amide bonds. The molecule has 1 fully saturated rings. The summed E-state index contributed by atoms with van der Waals surface area (Å²) in [5.41, 5.74) is 8.25. The number of amides is 1. The van der Waals surface area contributed by atoms with Crippen molar-refractivity contribution >= 4 is 18.3 Å². The molecule has 3 rings (SSSR count). The average Bonchev–Trinajstić information content (AvgIpc) is 2.98. The maximum absolute atomic E-state index is 13.1. The average molecular weight is 363 g/mol. The second kappa shape index (κ2) is 8.45. The normalized spacial score (nSPS) is 20.8. The smallest absolute Gasteiger partial charge is 0.224 e. The Labute approximate surface area is 154 Å². The summed E-state index contributed by atoms with van der Waals surface area (Å²) in [5, 5.41) is 0. The van der Waals surface area contributed by atoms with Gasteiger partial charge in [-0.15, -0.1) is 12.4 Å². The zero-order valence-electron chi connectivity index (χ0n) is 14.3. The van der Waals surface area contributed by atoms with Crippen LogP contribution in [0.4, 0.5) is 4.39 Å². The molecular formula is C20H24ClFN2O. The highest BCUT2D eigenvalue weighted by molar-refractivity contribution is 5.85. The van der Waals surface area contributed by atoms with Gasteiger partial charge < -0.3 is 10.6 Å². The van der Waals surface area contributed by atoms with E-state index in [2.05, 4.69) is 6.92 Å². The third-order valence-electron chi connectivity index (χ3n) is 4.86. The summed E-state index contributed by atoms with van der Waals surface area (Å²) < 4.78 is 13.1. The first kappa shape index (κ1) is 19.4. The molecule has 0 bridgehead atoms. The van der Waals surface area contributed by atoms with Crippen molar-refractivity contribution in [2.75, 3.05) is 6.54 Å². The fraction of sp³-hybridized carbons (Fsp3) is 0.350. The van der Waals surface area contributed by atoms with Crippen LogP contribution in [-0.4, -0.2) is 23.4 Å². The topological polar surface area (TPSA) is 46.3 Å². The van der Waals surface area contributed by atoms with Crippen LogP contribution in [0, 0.1) is 5.82 Å². The van der Waals surface area contributed by atoms with Gasteiger partial charge in [-0.1, -0.05) is 42.5 Å². The Morgan fingerprint density at radius 1 is 1.20 bits per heavy atom. The van der Waals surface area contributed by atoms with Crippen LogP contribution >= 0.6 is 12.4 Å². The molecule has 3 atom stereocenters. The van der Waals surface area contributed by atoms with Gasteiger partial charge in [-0.3, -0.25) is 4.79 Å². The number of hydrogen-bond acceptors (Lipinski definition) is 2. The summed E-state index contributed by atoms with van der Waals surface area (Å²) in [4.78, 5) is 14.6. The summed E-state index contributed by atoms with van der Waals surface area (Å²) in [7, 11) is 0. The number of benzene rings is 2. The van der Waals surface area contributed by atoms with Gasteiger partial charge >= 0.3 is 0 Å². The van der Waals surface area contributed by atoms with Crippen molar-refractivity contribution in [3.05, 3.63) is 71.5 Å². The van der Waals surface area contributed by atoms with Gasteiger partial charge in [-0.25, -0.2) is 4.39 Å². The van der Waals surface area contributed by atoms with E-state index in [0.29, 0.717) is 13.0 Å². The zero-order chi connectivity index (χ0) is 17.1. The number of carbonyl (C=O) groups excluding carboxylic acids is 1. The molecule has 25 heavy (non-hydrogen) atoms. The van der Waals surface area contributed by atoms with Crippen molar-refractivity contribution in [1.29, 1.82) is 0 Å². The van der Waals surface area contributed by atoms with Gasteiger partial charge in [-0.05, 0) is 36.6 Å². The maximum atomic E-state index is 13.1. The largest absolute Gasteiger partial charge is 0.339 e. The highest BCUT2D eigenvalue weighted by Gasteiger charge is 2.33. The Balaban J connectivity index is 0.00000225. The van der Waals surface area contributed by atoms with E-state index in [-0.39, 0.29) is 42.1 Å². The quantitative estimate of drug-likeness (QED) is 0.892. The number of rotatable bonds is 4. The number of carbonyl (C=O) groups is 1. The van der Waals surface area contributed by atoms with Crippen molar-refractivity contribution in [1.82, 2.24) is 4.90 Å². The summed E-state index contributed by atoms with van der Waals surface area (Å²) >= 11 is 0. The minimum absolute atomic E-state index is 0. The van der Waals surface area contributed by atoms with Gasteiger partial charge in [-0.2, -0.15) is 0 Å². The van der Waals surface area contributed by atoms with Crippen LogP contribution in [-0.2, 0) is 4.79 Å². The maximum Gasteiger partial charge on any atom is 0.224 e. The van der Waals surface area contributed by atoms with Crippen LogP contribution in [0.25, 0.3) is 0 Å². The number of likely N-dealkylation sites (tertiary alicyclic amines) is 1. The molecule has 3 unspecified atom stereocenters. The van der Waals surface area contributed by atoms with Gasteiger partial charge in [0, 0.05) is 31.0 Å². The lowest BCUT2D eigenvalue weighted by molar-refractivity contribution is -0.132. The molecule has 2 aromatic carbocycles. The molecule has 1 saturated heterocycles. The van der Waals surface area contributed by atoms with Gasteiger partial charge in [0.15, 0.2) is 0 Å². The molecule has 3 nitrogen and oxygen atoms in total. The van der Waals surface area contributed by atoms with Crippen molar-refractivity contribution < 1.29 is 9.18 Å². The lowest BCUT2D eigenvalue weighted by Gasteiger charge is -2.23. The zero-order valence-corrected chi connectivity index (χ0v) is 15.1. The number of nitrogens with zero attached hydrogens (tertiary/aromatic N) is 1. The molecule has 0 radical (unpaired) electrons. The summed E-state index contributed by atoms with van der Waals surface area (Å²) in [6, 6.07) is 16.2. The number of halogens is 2. The van der Waals surface area contributed by atoms with Gasteiger partial charge in [0.25, 0.3) is 0 Å². The molecule has 0 spiro atoms. The van der Waals surface area contributed by atoms with Crippen molar-refractivity contribution in [3.8, 4) is 0 Å². The van der Waals surface area contributed by atoms with Crippen LogP contribution in [0.15, 0.2) is 54.6 Å². The Kier molecular flexibility index (Phi) is 6.57. The van der Waals surface area contributed by atoms with E-state index >= 15 is 0 Å². The molecule has 134 valence electrons. The third kappa shape index (κ3) is 4.59. The second-order valence-electron chi connectivity index (χ2n) is 6.60. The molecule has 1 aliphatic rings. The number of nitrogens with two attached hydrogens (primary N) is 1. The molecule has 0 saturated carbocycles. The first-order chi connectivity index (χ1) is 11.5. The van der Waals surface area contributed by atoms with Crippen LogP contribution in [0.5, 0.6) is 0 Å². The van der Waals surface area contributed by atoms with Crippen LogP contribution in [0.1, 0.15) is 42.9 Å². The van der Waals surface area contributed by atoms with Crippen molar-refractivity contribution in [3.63, 3.8) is 0 Å².